The molecule has 4 rings (SSSR count). The topological polar surface area (TPSA) is 88.8 Å². The van der Waals surface area contributed by atoms with E-state index in [1.807, 2.05) is 6.07 Å². The molecule has 3 aromatic heterocycles. The number of piperidine rings is 1. The number of nitrogens with one attached hydrogen (secondary N) is 1. The molecule has 0 unspecified atom stereocenters. The first-order valence-electron chi connectivity index (χ1n) is 10.2. The number of halogens is 1. The number of amides is 1. The van der Waals surface area contributed by atoms with Gasteiger partial charge in [0.1, 0.15) is 11.5 Å². The summed E-state index contributed by atoms with van der Waals surface area (Å²) in [5.41, 5.74) is 0.311. The first kappa shape index (κ1) is 20.3. The predicted octanol–water partition coefficient (Wildman–Crippen LogP) is 2.82. The van der Waals surface area contributed by atoms with Gasteiger partial charge in [0.2, 0.25) is 0 Å². The Labute approximate surface area is 174 Å². The Morgan fingerprint density at radius 1 is 1.23 bits per heavy atom. The van der Waals surface area contributed by atoms with Crippen LogP contribution in [0.3, 0.4) is 0 Å². The Bertz CT molecular complexity index is 1060. The number of rotatable bonds is 5. The molecular weight excluding hydrogens is 385 g/mol. The molecule has 3 aromatic rings. The molecule has 1 saturated heterocycles. The largest absolute Gasteiger partial charge is 0.308 e. The van der Waals surface area contributed by atoms with Crippen LogP contribution in [0.4, 0.5) is 10.2 Å². The number of carbonyl (C=O) groups excluding carboxylic acids is 1. The van der Waals surface area contributed by atoms with Crippen molar-refractivity contribution in [3.8, 4) is 11.3 Å². The van der Waals surface area contributed by atoms with Crippen molar-refractivity contribution in [2.45, 2.75) is 32.4 Å². The van der Waals surface area contributed by atoms with E-state index in [4.69, 9.17) is 0 Å². The molecule has 1 aliphatic heterocycles. The molecule has 158 valence electrons. The molecule has 1 aliphatic rings. The summed E-state index contributed by atoms with van der Waals surface area (Å²) in [5.74, 6) is 0.205. The fourth-order valence-electron chi connectivity index (χ4n) is 3.78. The number of hydrogen-bond donors (Lipinski definition) is 1. The van der Waals surface area contributed by atoms with E-state index in [0.29, 0.717) is 36.0 Å². The van der Waals surface area contributed by atoms with Crippen molar-refractivity contribution in [1.82, 2.24) is 29.9 Å². The van der Waals surface area contributed by atoms with Crippen molar-refractivity contribution < 1.29 is 9.18 Å². The summed E-state index contributed by atoms with van der Waals surface area (Å²) in [5, 5.41) is 11.5. The number of pyridine rings is 2. The van der Waals surface area contributed by atoms with Crippen molar-refractivity contribution in [2.24, 2.45) is 13.0 Å². The van der Waals surface area contributed by atoms with E-state index in [9.17, 15) is 4.79 Å². The van der Waals surface area contributed by atoms with Gasteiger partial charge in [-0.2, -0.15) is 0 Å². The van der Waals surface area contributed by atoms with Gasteiger partial charge in [-0.3, -0.25) is 14.5 Å². The zero-order valence-electron chi connectivity index (χ0n) is 17.5. The average Bonchev–Trinajstić information content (AvgIpc) is 3.15. The van der Waals surface area contributed by atoms with Gasteiger partial charge in [-0.25, -0.2) is 9.37 Å². The summed E-state index contributed by atoms with van der Waals surface area (Å²) in [4.78, 5) is 23.5. The van der Waals surface area contributed by atoms with Crippen molar-refractivity contribution >= 4 is 22.6 Å². The fourth-order valence-corrected chi connectivity index (χ4v) is 3.78. The van der Waals surface area contributed by atoms with Gasteiger partial charge in [0.25, 0.3) is 5.91 Å². The summed E-state index contributed by atoms with van der Waals surface area (Å²) in [6.45, 7) is 6.36. The predicted molar refractivity (Wildman–Crippen MR) is 113 cm³/mol. The van der Waals surface area contributed by atoms with E-state index in [2.05, 4.69) is 44.3 Å². The van der Waals surface area contributed by atoms with Crippen LogP contribution in [0.5, 0.6) is 0 Å². The van der Waals surface area contributed by atoms with Crippen LogP contribution in [0.2, 0.25) is 0 Å². The number of anilines is 1. The SMILES string of the molecule is CC(C)CN1CCC(F)(C(=O)Nc2cc3cc(-c4cn(C)nn4)cnc3cn2)CC1. The zero-order chi connectivity index (χ0) is 21.3. The third-order valence-electron chi connectivity index (χ3n) is 5.39. The van der Waals surface area contributed by atoms with E-state index >= 15 is 4.39 Å². The number of likely N-dealkylation sites (tertiary alicyclic amines) is 1. The standard InChI is InChI=1S/C21H26FN7O/c1-14(2)12-29-6-4-21(22,5-7-29)20(30)25-19-9-15-8-16(10-23-17(15)11-24-19)18-13-28(3)27-26-18/h8-11,13-14H,4-7,12H2,1-3H3,(H,24,25,30). The Morgan fingerprint density at radius 3 is 2.67 bits per heavy atom. The lowest BCUT2D eigenvalue weighted by atomic mass is 9.92. The number of aromatic nitrogens is 5. The summed E-state index contributed by atoms with van der Waals surface area (Å²) >= 11 is 0. The van der Waals surface area contributed by atoms with E-state index in [1.165, 1.54) is 0 Å². The molecule has 30 heavy (non-hydrogen) atoms. The highest BCUT2D eigenvalue weighted by atomic mass is 19.1. The molecule has 1 fully saturated rings. The molecule has 0 radical (unpaired) electrons. The Balaban J connectivity index is 1.48. The summed E-state index contributed by atoms with van der Waals surface area (Å²) in [6.07, 6.45) is 5.45. The van der Waals surface area contributed by atoms with Crippen molar-refractivity contribution in [2.75, 3.05) is 25.0 Å². The normalized spacial score (nSPS) is 16.8. The first-order chi connectivity index (χ1) is 14.3. The monoisotopic (exact) mass is 411 g/mol. The van der Waals surface area contributed by atoms with Crippen LogP contribution >= 0.6 is 0 Å². The number of carbonyl (C=O) groups is 1. The lowest BCUT2D eigenvalue weighted by molar-refractivity contribution is -0.130. The van der Waals surface area contributed by atoms with Crippen LogP contribution in [0.25, 0.3) is 22.2 Å². The van der Waals surface area contributed by atoms with Gasteiger partial charge in [0.05, 0.1) is 17.9 Å². The number of aryl methyl sites for hydroxylation is 1. The van der Waals surface area contributed by atoms with Crippen LogP contribution in [0.1, 0.15) is 26.7 Å². The van der Waals surface area contributed by atoms with Crippen molar-refractivity contribution in [3.63, 3.8) is 0 Å². The third-order valence-corrected chi connectivity index (χ3v) is 5.39. The van der Waals surface area contributed by atoms with Crippen LogP contribution < -0.4 is 5.32 Å². The quantitative estimate of drug-likeness (QED) is 0.695. The second kappa shape index (κ2) is 8.06. The molecule has 0 aliphatic carbocycles. The number of alkyl halides is 1. The molecule has 0 spiro atoms. The molecule has 9 heteroatoms. The first-order valence-corrected chi connectivity index (χ1v) is 10.2. The Kier molecular flexibility index (Phi) is 5.46. The summed E-state index contributed by atoms with van der Waals surface area (Å²) < 4.78 is 16.9. The molecule has 0 aromatic carbocycles. The number of hydrogen-bond acceptors (Lipinski definition) is 6. The Hall–Kier alpha value is -2.94. The number of fused-ring (bicyclic) bond motifs is 1. The molecular formula is C21H26FN7O. The highest BCUT2D eigenvalue weighted by Gasteiger charge is 2.41. The maximum absolute atomic E-state index is 15.3. The third kappa shape index (κ3) is 4.30. The van der Waals surface area contributed by atoms with Crippen molar-refractivity contribution in [1.29, 1.82) is 0 Å². The Morgan fingerprint density at radius 2 is 2.00 bits per heavy atom. The van der Waals surface area contributed by atoms with Crippen LogP contribution in [-0.4, -0.2) is 61.1 Å². The van der Waals surface area contributed by atoms with Gasteiger partial charge in [-0.15, -0.1) is 5.10 Å². The van der Waals surface area contributed by atoms with Crippen LogP contribution in [0.15, 0.2) is 30.7 Å². The highest BCUT2D eigenvalue weighted by Crippen LogP contribution is 2.29. The lowest BCUT2D eigenvalue weighted by Gasteiger charge is -2.36. The highest BCUT2D eigenvalue weighted by molar-refractivity contribution is 5.98. The van der Waals surface area contributed by atoms with Crippen molar-refractivity contribution in [3.05, 3.63) is 30.7 Å². The second-order valence-corrected chi connectivity index (χ2v) is 8.38. The van der Waals surface area contributed by atoms with Crippen LogP contribution in [-0.2, 0) is 11.8 Å². The molecule has 1 N–H and O–H groups in total. The minimum atomic E-state index is -1.87. The van der Waals surface area contributed by atoms with Gasteiger partial charge in [0.15, 0.2) is 5.67 Å². The van der Waals surface area contributed by atoms with E-state index in [1.54, 1.807) is 36.4 Å². The summed E-state index contributed by atoms with van der Waals surface area (Å²) in [7, 11) is 1.79. The molecule has 0 atom stereocenters. The van der Waals surface area contributed by atoms with Gasteiger partial charge in [-0.05, 0) is 18.1 Å². The molecule has 8 nitrogen and oxygen atoms in total. The van der Waals surface area contributed by atoms with Gasteiger partial charge >= 0.3 is 0 Å². The summed E-state index contributed by atoms with van der Waals surface area (Å²) in [6, 6.07) is 3.61. The minimum absolute atomic E-state index is 0.192. The zero-order valence-corrected chi connectivity index (χ0v) is 17.5. The lowest BCUT2D eigenvalue weighted by Crippen LogP contribution is -2.49. The van der Waals surface area contributed by atoms with Crippen LogP contribution in [0, 0.1) is 5.92 Å². The maximum Gasteiger partial charge on any atom is 0.263 e. The van der Waals surface area contributed by atoms with E-state index in [-0.39, 0.29) is 12.8 Å². The van der Waals surface area contributed by atoms with Gasteiger partial charge in [-0.1, -0.05) is 19.1 Å². The molecule has 0 bridgehead atoms. The van der Waals surface area contributed by atoms with Gasteiger partial charge in [0, 0.05) is 56.7 Å². The minimum Gasteiger partial charge on any atom is -0.308 e. The smallest absolute Gasteiger partial charge is 0.263 e. The van der Waals surface area contributed by atoms with Gasteiger partial charge < -0.3 is 10.2 Å². The maximum atomic E-state index is 15.3. The molecule has 0 saturated carbocycles. The fraction of sp³-hybridized carbons (Fsp3) is 0.476. The molecule has 1 amide bonds. The molecule has 4 heterocycles. The average molecular weight is 411 g/mol. The van der Waals surface area contributed by atoms with E-state index < -0.39 is 11.6 Å². The number of nitrogens with zero attached hydrogens (tertiary/aromatic N) is 6. The van der Waals surface area contributed by atoms with E-state index in [0.717, 1.165) is 17.5 Å². The second-order valence-electron chi connectivity index (χ2n) is 8.38.